The van der Waals surface area contributed by atoms with Crippen molar-refractivity contribution in [2.24, 2.45) is 0 Å². The molecule has 1 atom stereocenters. The van der Waals surface area contributed by atoms with Crippen molar-refractivity contribution in [2.45, 2.75) is 18.4 Å². The third-order valence-electron chi connectivity index (χ3n) is 1.44. The molecule has 0 saturated carbocycles. The van der Waals surface area contributed by atoms with Gasteiger partial charge in [0.05, 0.1) is 6.54 Å². The molecule has 9 heavy (non-hydrogen) atoms. The number of hydrogen-bond acceptors (Lipinski definition) is 2. The average molecular weight is 137 g/mol. The summed E-state index contributed by atoms with van der Waals surface area (Å²) in [4.78, 5) is 0. The number of piperidine rings is 1. The molecule has 54 valence electrons. The van der Waals surface area contributed by atoms with Crippen molar-refractivity contribution >= 4 is 0 Å². The summed E-state index contributed by atoms with van der Waals surface area (Å²) in [6.45, 7) is 0.0882. The number of hydrogen-bond donors (Lipinski definition) is 2. The van der Waals surface area contributed by atoms with Crippen LogP contribution in [-0.4, -0.2) is 30.2 Å². The number of nitrogens with one attached hydrogen (secondary N) is 1. The van der Waals surface area contributed by atoms with Gasteiger partial charge in [0.15, 0.2) is 0 Å². The van der Waals surface area contributed by atoms with Crippen molar-refractivity contribution < 1.29 is 13.9 Å². The first kappa shape index (κ1) is 6.89. The van der Waals surface area contributed by atoms with Crippen molar-refractivity contribution in [2.75, 3.05) is 13.1 Å². The van der Waals surface area contributed by atoms with Crippen LogP contribution in [0.4, 0.5) is 8.78 Å². The zero-order chi connectivity index (χ0) is 6.91. The minimum atomic E-state index is -2.92. The van der Waals surface area contributed by atoms with Gasteiger partial charge >= 0.3 is 0 Å². The van der Waals surface area contributed by atoms with Crippen molar-refractivity contribution in [3.05, 3.63) is 0 Å². The van der Waals surface area contributed by atoms with Crippen LogP contribution in [0.2, 0.25) is 0 Å². The van der Waals surface area contributed by atoms with Crippen LogP contribution < -0.4 is 5.32 Å². The highest BCUT2D eigenvalue weighted by Crippen LogP contribution is 2.22. The maximum absolute atomic E-state index is 12.3. The second kappa shape index (κ2) is 2.19. The molecule has 0 aliphatic carbocycles. The van der Waals surface area contributed by atoms with Crippen molar-refractivity contribution in [1.82, 2.24) is 5.32 Å². The molecule has 1 fully saturated rings. The van der Waals surface area contributed by atoms with Crippen LogP contribution in [0, 0.1) is 0 Å². The fourth-order valence-corrected chi connectivity index (χ4v) is 0.823. The minimum Gasteiger partial charge on any atom is -0.387 e. The van der Waals surface area contributed by atoms with Crippen LogP contribution in [0.1, 0.15) is 6.42 Å². The zero-order valence-electron chi connectivity index (χ0n) is 4.90. The number of halogens is 2. The highest BCUT2D eigenvalue weighted by atomic mass is 19.3. The molecule has 0 bridgehead atoms. The van der Waals surface area contributed by atoms with E-state index in [1.54, 1.807) is 0 Å². The Bertz CT molecular complexity index is 107. The normalized spacial score (nSPS) is 34.3. The highest BCUT2D eigenvalue weighted by Gasteiger charge is 2.39. The lowest BCUT2D eigenvalue weighted by Gasteiger charge is -2.27. The Hall–Kier alpha value is -0.220. The molecule has 1 aliphatic heterocycles. The summed E-state index contributed by atoms with van der Waals surface area (Å²) >= 11 is 0. The van der Waals surface area contributed by atoms with Gasteiger partial charge in [0.1, 0.15) is 6.10 Å². The Balaban J connectivity index is 2.49. The third kappa shape index (κ3) is 1.37. The van der Waals surface area contributed by atoms with Gasteiger partial charge in [0.25, 0.3) is 5.92 Å². The first-order valence-electron chi connectivity index (χ1n) is 2.89. The van der Waals surface area contributed by atoms with E-state index in [0.717, 1.165) is 0 Å². The van der Waals surface area contributed by atoms with E-state index in [2.05, 4.69) is 5.32 Å². The predicted molar refractivity (Wildman–Crippen MR) is 28.4 cm³/mol. The highest BCUT2D eigenvalue weighted by molar-refractivity contribution is 4.83. The first-order chi connectivity index (χ1) is 4.13. The Morgan fingerprint density at radius 2 is 2.22 bits per heavy atom. The van der Waals surface area contributed by atoms with E-state index >= 15 is 0 Å². The van der Waals surface area contributed by atoms with E-state index in [4.69, 9.17) is 5.11 Å². The molecule has 0 spiro atoms. The predicted octanol–water partition coefficient (Wildman–Crippen LogP) is -0.0241. The molecule has 0 unspecified atom stereocenters. The summed E-state index contributed by atoms with van der Waals surface area (Å²) in [7, 11) is 0. The molecule has 2 nitrogen and oxygen atoms in total. The molecule has 1 aliphatic rings. The van der Waals surface area contributed by atoms with Gasteiger partial charge in [-0.15, -0.1) is 0 Å². The topological polar surface area (TPSA) is 32.3 Å². The number of rotatable bonds is 0. The van der Waals surface area contributed by atoms with Crippen molar-refractivity contribution in [3.8, 4) is 0 Å². The van der Waals surface area contributed by atoms with E-state index in [-0.39, 0.29) is 6.42 Å². The molecule has 2 N–H and O–H groups in total. The van der Waals surface area contributed by atoms with Crippen molar-refractivity contribution in [1.29, 1.82) is 0 Å². The molecule has 4 heteroatoms. The molecule has 0 aromatic carbocycles. The second-order valence-electron chi connectivity index (χ2n) is 2.24. The summed E-state index contributed by atoms with van der Waals surface area (Å²) in [5.41, 5.74) is 0. The average Bonchev–Trinajstić information content (AvgIpc) is 1.77. The van der Waals surface area contributed by atoms with E-state index in [1.807, 2.05) is 0 Å². The molecule has 1 rings (SSSR count). The van der Waals surface area contributed by atoms with Gasteiger partial charge in [0, 0.05) is 0 Å². The van der Waals surface area contributed by atoms with Gasteiger partial charge in [-0.3, -0.25) is 0 Å². The van der Waals surface area contributed by atoms with Crippen molar-refractivity contribution in [3.63, 3.8) is 0 Å². The van der Waals surface area contributed by atoms with Gasteiger partial charge in [0.2, 0.25) is 0 Å². The van der Waals surface area contributed by atoms with Crippen LogP contribution >= 0.6 is 0 Å². The Kier molecular flexibility index (Phi) is 1.68. The number of alkyl halides is 2. The fourth-order valence-electron chi connectivity index (χ4n) is 0.823. The summed E-state index contributed by atoms with van der Waals surface area (Å²) < 4.78 is 24.6. The fraction of sp³-hybridized carbons (Fsp3) is 1.00. The standard InChI is InChI=1S/C5H9F2NO/c6-5(7)3-8-2-1-4(5)9/h4,8-9H,1-3H2/t4-/m0/s1. The van der Waals surface area contributed by atoms with Crippen LogP contribution in [0.15, 0.2) is 0 Å². The van der Waals surface area contributed by atoms with Gasteiger partial charge < -0.3 is 10.4 Å². The molecular formula is C5H9F2NO. The first-order valence-corrected chi connectivity index (χ1v) is 2.89. The summed E-state index contributed by atoms with van der Waals surface area (Å²) in [5.74, 6) is -2.92. The number of aliphatic hydroxyl groups is 1. The Labute approximate surface area is 51.9 Å². The maximum Gasteiger partial charge on any atom is 0.285 e. The molecule has 0 aromatic heterocycles. The summed E-state index contributed by atoms with van der Waals surface area (Å²) in [5, 5.41) is 11.1. The Morgan fingerprint density at radius 3 is 2.56 bits per heavy atom. The zero-order valence-corrected chi connectivity index (χ0v) is 4.90. The van der Waals surface area contributed by atoms with E-state index in [0.29, 0.717) is 6.54 Å². The molecule has 1 saturated heterocycles. The summed E-state index contributed by atoms with van der Waals surface area (Å²) in [6.07, 6.45) is -1.30. The second-order valence-corrected chi connectivity index (χ2v) is 2.24. The Morgan fingerprint density at radius 1 is 1.56 bits per heavy atom. The van der Waals surface area contributed by atoms with Gasteiger partial charge in [-0.1, -0.05) is 0 Å². The molecule has 0 amide bonds. The SMILES string of the molecule is O[C@H]1CCNCC1(F)F. The quantitative estimate of drug-likeness (QED) is 0.491. The lowest BCUT2D eigenvalue weighted by molar-refractivity contribution is -0.120. The van der Waals surface area contributed by atoms with Gasteiger partial charge in [-0.2, -0.15) is 0 Å². The van der Waals surface area contributed by atoms with Crippen LogP contribution in [-0.2, 0) is 0 Å². The molecule has 0 aromatic rings. The third-order valence-corrected chi connectivity index (χ3v) is 1.44. The number of aliphatic hydroxyl groups excluding tert-OH is 1. The van der Waals surface area contributed by atoms with E-state index in [9.17, 15) is 8.78 Å². The van der Waals surface area contributed by atoms with E-state index in [1.165, 1.54) is 0 Å². The lowest BCUT2D eigenvalue weighted by Crippen LogP contribution is -2.49. The van der Waals surface area contributed by atoms with E-state index < -0.39 is 18.6 Å². The van der Waals surface area contributed by atoms with Gasteiger partial charge in [-0.25, -0.2) is 8.78 Å². The lowest BCUT2D eigenvalue weighted by atomic mass is 10.1. The van der Waals surface area contributed by atoms with Gasteiger partial charge in [-0.05, 0) is 13.0 Å². The summed E-state index contributed by atoms with van der Waals surface area (Å²) in [6, 6.07) is 0. The largest absolute Gasteiger partial charge is 0.387 e. The van der Waals surface area contributed by atoms with Crippen LogP contribution in [0.25, 0.3) is 0 Å². The molecule has 1 heterocycles. The molecule has 0 radical (unpaired) electrons. The van der Waals surface area contributed by atoms with Crippen LogP contribution in [0.5, 0.6) is 0 Å². The molecular weight excluding hydrogens is 128 g/mol. The maximum atomic E-state index is 12.3. The monoisotopic (exact) mass is 137 g/mol. The smallest absolute Gasteiger partial charge is 0.285 e. The minimum absolute atomic E-state index is 0.146. The van der Waals surface area contributed by atoms with Crippen LogP contribution in [0.3, 0.4) is 0 Å².